The Balaban J connectivity index is 0.000000546. The normalized spacial score (nSPS) is 29.5. The van der Waals surface area contributed by atoms with Gasteiger partial charge in [0, 0.05) is 12.1 Å². The Morgan fingerprint density at radius 3 is 1.80 bits per heavy atom. The number of amides is 2. The molecule has 2 heterocycles. The van der Waals surface area contributed by atoms with E-state index in [0.717, 1.165) is 37.0 Å². The molecule has 0 atom stereocenters. The molecule has 0 spiro atoms. The quantitative estimate of drug-likeness (QED) is 0.464. The molecule has 0 aromatic carbocycles. The molecule has 2 bridgehead atoms. The average molecular weight is 576 g/mol. The van der Waals surface area contributed by atoms with E-state index in [9.17, 15) is 22.8 Å². The molecule has 10 nitrogen and oxygen atoms in total. The number of carbonyl (C=O) groups excluding carboxylic acids is 2. The van der Waals surface area contributed by atoms with E-state index in [1.54, 1.807) is 41.5 Å². The Morgan fingerprint density at radius 1 is 0.925 bits per heavy atom. The van der Waals surface area contributed by atoms with Gasteiger partial charge in [-0.05, 0) is 79.7 Å². The van der Waals surface area contributed by atoms with Gasteiger partial charge in [-0.25, -0.2) is 14.5 Å². The highest BCUT2D eigenvalue weighted by molar-refractivity contribution is 5.90. The number of ether oxygens (including phenoxy) is 5. The molecule has 6 rings (SSSR count). The monoisotopic (exact) mass is 575 g/mol. The molecule has 0 radical (unpaired) electrons. The lowest BCUT2D eigenvalue weighted by Gasteiger charge is -2.71. The van der Waals surface area contributed by atoms with E-state index >= 15 is 0 Å². The molecule has 1 aromatic rings. The molecule has 1 aromatic heterocycles. The average Bonchev–Trinajstić information content (AvgIpc) is 3.19. The first-order valence-electron chi connectivity index (χ1n) is 13.6. The van der Waals surface area contributed by atoms with Gasteiger partial charge >= 0.3 is 18.5 Å². The molecule has 5 aliphatic rings. The minimum Gasteiger partial charge on any atom is -0.443 e. The van der Waals surface area contributed by atoms with Gasteiger partial charge in [-0.3, -0.25) is 9.42 Å². The third-order valence-electron chi connectivity index (χ3n) is 7.25. The highest BCUT2D eigenvalue weighted by Crippen LogP contribution is 2.68. The first-order valence-corrected chi connectivity index (χ1v) is 13.6. The molecule has 1 saturated heterocycles. The Kier molecular flexibility index (Phi) is 8.25. The van der Waals surface area contributed by atoms with E-state index in [4.69, 9.17) is 18.9 Å². The van der Waals surface area contributed by atoms with Gasteiger partial charge in [0.15, 0.2) is 0 Å². The Bertz CT molecular complexity index is 1010. The van der Waals surface area contributed by atoms with Gasteiger partial charge in [-0.1, -0.05) is 0 Å². The van der Waals surface area contributed by atoms with Crippen molar-refractivity contribution in [2.24, 2.45) is 0 Å². The van der Waals surface area contributed by atoms with Crippen LogP contribution >= 0.6 is 0 Å². The minimum absolute atomic E-state index is 0.0741. The number of carbonyl (C=O) groups is 2. The van der Waals surface area contributed by atoms with Crippen molar-refractivity contribution in [1.29, 1.82) is 0 Å². The molecule has 40 heavy (non-hydrogen) atoms. The van der Waals surface area contributed by atoms with Crippen molar-refractivity contribution in [2.75, 3.05) is 26.4 Å². The summed E-state index contributed by atoms with van der Waals surface area (Å²) in [6.45, 7) is 13.5. The number of alkyl halides is 3. The number of hydrogen-bond acceptors (Lipinski definition) is 8. The van der Waals surface area contributed by atoms with Crippen LogP contribution in [0.2, 0.25) is 0 Å². The Hall–Kier alpha value is -2.38. The SMILES string of the molecule is C1COCCO1.CC(C)(C)OC(=O)N(C(=O)OC(C)(C)C)C12CC(n3ccc(C4CC(OC(F)(F)F)C4)n3)(C1)C2. The van der Waals surface area contributed by atoms with Crippen LogP contribution in [-0.4, -0.2) is 82.5 Å². The number of rotatable bonds is 4. The second-order valence-corrected chi connectivity index (χ2v) is 13.0. The maximum atomic E-state index is 12.9. The highest BCUT2D eigenvalue weighted by atomic mass is 19.4. The van der Waals surface area contributed by atoms with E-state index in [1.807, 2.05) is 16.9 Å². The largest absolute Gasteiger partial charge is 0.522 e. The van der Waals surface area contributed by atoms with E-state index in [-0.39, 0.29) is 24.3 Å². The summed E-state index contributed by atoms with van der Waals surface area (Å²) in [6, 6.07) is 1.82. The van der Waals surface area contributed by atoms with Crippen molar-refractivity contribution >= 4 is 12.2 Å². The van der Waals surface area contributed by atoms with Crippen LogP contribution in [0.3, 0.4) is 0 Å². The topological polar surface area (TPSA) is 101 Å². The van der Waals surface area contributed by atoms with Crippen molar-refractivity contribution in [1.82, 2.24) is 14.7 Å². The van der Waals surface area contributed by atoms with E-state index in [1.165, 1.54) is 0 Å². The van der Waals surface area contributed by atoms with Gasteiger partial charge in [0.1, 0.15) is 11.2 Å². The van der Waals surface area contributed by atoms with Crippen LogP contribution < -0.4 is 0 Å². The maximum Gasteiger partial charge on any atom is 0.522 e. The zero-order chi connectivity index (χ0) is 29.6. The second-order valence-electron chi connectivity index (χ2n) is 13.0. The van der Waals surface area contributed by atoms with Crippen LogP contribution in [-0.2, 0) is 29.2 Å². The molecule has 4 saturated carbocycles. The molecule has 13 heteroatoms. The lowest BCUT2D eigenvalue weighted by molar-refractivity contribution is -0.351. The Morgan fingerprint density at radius 2 is 1.40 bits per heavy atom. The lowest BCUT2D eigenvalue weighted by atomic mass is 9.43. The summed E-state index contributed by atoms with van der Waals surface area (Å²) in [7, 11) is 0. The summed E-state index contributed by atoms with van der Waals surface area (Å²) in [4.78, 5) is 27.0. The fourth-order valence-corrected chi connectivity index (χ4v) is 5.59. The van der Waals surface area contributed by atoms with Gasteiger partial charge in [-0.15, -0.1) is 13.2 Å². The molecule has 0 unspecified atom stereocenters. The summed E-state index contributed by atoms with van der Waals surface area (Å²) in [5.41, 5.74) is -1.83. The first kappa shape index (κ1) is 30.6. The summed E-state index contributed by atoms with van der Waals surface area (Å²) >= 11 is 0. The molecule has 4 aliphatic carbocycles. The van der Waals surface area contributed by atoms with Gasteiger partial charge in [0.25, 0.3) is 0 Å². The van der Waals surface area contributed by atoms with E-state index in [2.05, 4.69) is 9.84 Å². The van der Waals surface area contributed by atoms with Gasteiger partial charge in [0.2, 0.25) is 0 Å². The number of halogens is 3. The van der Waals surface area contributed by atoms with Gasteiger partial charge < -0.3 is 18.9 Å². The van der Waals surface area contributed by atoms with Crippen LogP contribution in [0.25, 0.3) is 0 Å². The molecule has 0 N–H and O–H groups in total. The van der Waals surface area contributed by atoms with E-state index in [0.29, 0.717) is 19.3 Å². The van der Waals surface area contributed by atoms with Gasteiger partial charge in [-0.2, -0.15) is 5.10 Å². The van der Waals surface area contributed by atoms with Crippen LogP contribution in [0.4, 0.5) is 22.8 Å². The standard InChI is InChI=1S/C23H32F3N3O5.C4H8O2/c1-19(2,3)33-17(30)29(18(31)34-20(4,5)6)22-11-21(12-22,13-22)28-8-7-16(27-28)14-9-15(10-14)32-23(24,25)26;1-2-6-4-3-5-1/h7-8,14-15H,9-13H2,1-6H3;1-4H2. The molecular weight excluding hydrogens is 535 g/mol. The number of imide groups is 1. The van der Waals surface area contributed by atoms with Crippen molar-refractivity contribution < 1.29 is 46.4 Å². The third-order valence-corrected chi connectivity index (χ3v) is 7.25. The van der Waals surface area contributed by atoms with Crippen LogP contribution in [0.1, 0.15) is 85.3 Å². The Labute approximate surface area is 232 Å². The second kappa shape index (κ2) is 10.8. The van der Waals surface area contributed by atoms with Crippen LogP contribution in [0.15, 0.2) is 12.3 Å². The van der Waals surface area contributed by atoms with Crippen molar-refractivity contribution in [3.8, 4) is 0 Å². The molecule has 226 valence electrons. The molecular formula is C27H40F3N3O7. The number of aromatic nitrogens is 2. The molecule has 1 aliphatic heterocycles. The van der Waals surface area contributed by atoms with E-state index < -0.39 is 41.4 Å². The fourth-order valence-electron chi connectivity index (χ4n) is 5.59. The summed E-state index contributed by atoms with van der Waals surface area (Å²) in [6.07, 6.45) is -2.99. The van der Waals surface area contributed by atoms with Gasteiger partial charge in [0.05, 0.1) is 49.3 Å². The first-order chi connectivity index (χ1) is 18.4. The maximum absolute atomic E-state index is 12.9. The van der Waals surface area contributed by atoms with Crippen LogP contribution in [0, 0.1) is 0 Å². The fraction of sp³-hybridized carbons (Fsp3) is 0.815. The zero-order valence-electron chi connectivity index (χ0n) is 24.0. The lowest BCUT2D eigenvalue weighted by Crippen LogP contribution is -2.80. The predicted molar refractivity (Wildman–Crippen MR) is 136 cm³/mol. The van der Waals surface area contributed by atoms with Crippen molar-refractivity contribution in [3.05, 3.63) is 18.0 Å². The smallest absolute Gasteiger partial charge is 0.443 e. The minimum atomic E-state index is -4.62. The molecule has 5 fully saturated rings. The van der Waals surface area contributed by atoms with Crippen molar-refractivity contribution in [2.45, 2.75) is 114 Å². The summed E-state index contributed by atoms with van der Waals surface area (Å²) < 4.78 is 63.8. The zero-order valence-corrected chi connectivity index (χ0v) is 24.0. The highest BCUT2D eigenvalue weighted by Gasteiger charge is 2.75. The van der Waals surface area contributed by atoms with Crippen molar-refractivity contribution in [3.63, 3.8) is 0 Å². The third kappa shape index (κ3) is 7.09. The summed E-state index contributed by atoms with van der Waals surface area (Å²) in [5.74, 6) is -0.0741. The molecule has 2 amide bonds. The number of hydrogen-bond donors (Lipinski definition) is 0. The summed E-state index contributed by atoms with van der Waals surface area (Å²) in [5, 5.41) is 4.62. The number of nitrogens with zero attached hydrogens (tertiary/aromatic N) is 3. The van der Waals surface area contributed by atoms with Crippen LogP contribution in [0.5, 0.6) is 0 Å². The predicted octanol–water partition coefficient (Wildman–Crippen LogP) is 5.50.